The summed E-state index contributed by atoms with van der Waals surface area (Å²) in [5, 5.41) is 0. The monoisotopic (exact) mass is 235 g/mol. The van der Waals surface area contributed by atoms with Crippen molar-refractivity contribution < 1.29 is 9.53 Å². The van der Waals surface area contributed by atoms with Crippen molar-refractivity contribution in [1.29, 1.82) is 0 Å². The Morgan fingerprint density at radius 2 is 2.29 bits per heavy atom. The largest absolute Gasteiger partial charge is 0.477 e. The van der Waals surface area contributed by atoms with Crippen LogP contribution in [-0.4, -0.2) is 23.5 Å². The molecule has 2 N–H and O–H groups in total. The molecule has 2 rings (SSSR count). The van der Waals surface area contributed by atoms with Gasteiger partial charge in [0, 0.05) is 12.6 Å². The van der Waals surface area contributed by atoms with E-state index in [1.54, 1.807) is 24.1 Å². The molecule has 1 amide bonds. The first kappa shape index (κ1) is 11.7. The van der Waals surface area contributed by atoms with E-state index in [-0.39, 0.29) is 5.91 Å². The van der Waals surface area contributed by atoms with Gasteiger partial charge in [-0.05, 0) is 12.8 Å². The van der Waals surface area contributed by atoms with E-state index in [9.17, 15) is 4.79 Å². The number of hydrogen-bond donors (Lipinski definition) is 1. The predicted molar refractivity (Wildman–Crippen MR) is 65.9 cm³/mol. The summed E-state index contributed by atoms with van der Waals surface area (Å²) in [5.41, 5.74) is 6.20. The molecule has 0 saturated carbocycles. The topological polar surface area (TPSA) is 68.5 Å². The van der Waals surface area contributed by atoms with Crippen LogP contribution >= 0.6 is 0 Å². The minimum Gasteiger partial charge on any atom is -0.477 e. The maximum absolute atomic E-state index is 12.0. The number of ether oxygens (including phenoxy) is 1. The lowest BCUT2D eigenvalue weighted by Crippen LogP contribution is -2.46. The predicted octanol–water partition coefficient (Wildman–Crippen LogP) is 1.43. The Bertz CT molecular complexity index is 445. The van der Waals surface area contributed by atoms with E-state index in [2.05, 4.69) is 18.8 Å². The molecule has 0 aliphatic carbocycles. The molecule has 5 heteroatoms. The fraction of sp³-hybridized carbons (Fsp3) is 0.500. The summed E-state index contributed by atoms with van der Waals surface area (Å²) in [7, 11) is 0. The molecule has 2 heterocycles. The van der Waals surface area contributed by atoms with E-state index < -0.39 is 6.10 Å². The number of anilines is 2. The number of aromatic nitrogens is 1. The Kier molecular flexibility index (Phi) is 2.92. The fourth-order valence-electron chi connectivity index (χ4n) is 1.85. The lowest BCUT2D eigenvalue weighted by molar-refractivity contribution is -0.125. The van der Waals surface area contributed by atoms with E-state index >= 15 is 0 Å². The van der Waals surface area contributed by atoms with Gasteiger partial charge in [-0.2, -0.15) is 0 Å². The zero-order valence-corrected chi connectivity index (χ0v) is 10.3. The Labute approximate surface area is 101 Å². The second kappa shape index (κ2) is 4.24. The van der Waals surface area contributed by atoms with Crippen LogP contribution in [0.1, 0.15) is 20.8 Å². The first-order chi connectivity index (χ1) is 7.99. The van der Waals surface area contributed by atoms with Crippen LogP contribution in [-0.2, 0) is 4.79 Å². The van der Waals surface area contributed by atoms with Gasteiger partial charge >= 0.3 is 0 Å². The molecule has 1 unspecified atom stereocenters. The molecular weight excluding hydrogens is 218 g/mol. The molecule has 1 aliphatic rings. The molecule has 1 atom stereocenters. The summed E-state index contributed by atoms with van der Waals surface area (Å²) in [6, 6.07) is 1.71. The van der Waals surface area contributed by atoms with Gasteiger partial charge in [-0.25, -0.2) is 4.98 Å². The van der Waals surface area contributed by atoms with Crippen molar-refractivity contribution in [2.24, 2.45) is 5.92 Å². The normalized spacial score (nSPS) is 19.2. The van der Waals surface area contributed by atoms with E-state index in [4.69, 9.17) is 10.5 Å². The van der Waals surface area contributed by atoms with Crippen LogP contribution in [0.2, 0.25) is 0 Å². The van der Waals surface area contributed by atoms with Gasteiger partial charge in [-0.1, -0.05) is 13.8 Å². The van der Waals surface area contributed by atoms with Crippen LogP contribution in [0.25, 0.3) is 0 Å². The molecule has 0 fully saturated rings. The molecule has 0 saturated heterocycles. The van der Waals surface area contributed by atoms with Crippen LogP contribution in [0.5, 0.6) is 5.75 Å². The van der Waals surface area contributed by atoms with Gasteiger partial charge in [0.05, 0.1) is 11.9 Å². The average Bonchev–Trinajstić information content (AvgIpc) is 2.24. The molecule has 1 aromatic heterocycles. The van der Waals surface area contributed by atoms with Gasteiger partial charge in [-0.15, -0.1) is 0 Å². The van der Waals surface area contributed by atoms with Gasteiger partial charge < -0.3 is 10.5 Å². The van der Waals surface area contributed by atoms with Gasteiger partial charge in [0.25, 0.3) is 5.91 Å². The fourth-order valence-corrected chi connectivity index (χ4v) is 1.85. The summed E-state index contributed by atoms with van der Waals surface area (Å²) < 4.78 is 5.50. The van der Waals surface area contributed by atoms with Crippen LogP contribution in [0.3, 0.4) is 0 Å². The molecule has 1 aliphatic heterocycles. The minimum absolute atomic E-state index is 0.0523. The number of nitrogen functional groups attached to an aromatic ring is 1. The second-order valence-corrected chi connectivity index (χ2v) is 4.69. The maximum Gasteiger partial charge on any atom is 0.269 e. The second-order valence-electron chi connectivity index (χ2n) is 4.69. The molecule has 0 bridgehead atoms. The van der Waals surface area contributed by atoms with Crippen LogP contribution in [0.15, 0.2) is 12.3 Å². The molecule has 0 radical (unpaired) electrons. The zero-order valence-electron chi connectivity index (χ0n) is 10.3. The Morgan fingerprint density at radius 3 is 2.94 bits per heavy atom. The quantitative estimate of drug-likeness (QED) is 0.842. The Morgan fingerprint density at radius 1 is 1.59 bits per heavy atom. The van der Waals surface area contributed by atoms with Gasteiger partial charge in [-0.3, -0.25) is 9.69 Å². The van der Waals surface area contributed by atoms with Crippen molar-refractivity contribution in [3.8, 4) is 5.75 Å². The molecule has 0 aromatic carbocycles. The van der Waals surface area contributed by atoms with E-state index in [0.29, 0.717) is 29.7 Å². The van der Waals surface area contributed by atoms with Crippen molar-refractivity contribution >= 4 is 17.4 Å². The summed E-state index contributed by atoms with van der Waals surface area (Å²) in [5.74, 6) is 1.47. The van der Waals surface area contributed by atoms with Gasteiger partial charge in [0.1, 0.15) is 0 Å². The average molecular weight is 235 g/mol. The SMILES string of the molecule is CC(C)CN1C(=O)C(C)Oc2cc(N)cnc21. The molecule has 1 aromatic rings. The van der Waals surface area contributed by atoms with E-state index in [1.807, 2.05) is 0 Å². The summed E-state index contributed by atoms with van der Waals surface area (Å²) in [6.45, 7) is 6.49. The van der Waals surface area contributed by atoms with Crippen LogP contribution < -0.4 is 15.4 Å². The van der Waals surface area contributed by atoms with E-state index in [0.717, 1.165) is 0 Å². The number of nitrogens with zero attached hydrogens (tertiary/aromatic N) is 2. The third-order valence-corrected chi connectivity index (χ3v) is 2.57. The third kappa shape index (κ3) is 2.18. The number of carbonyl (C=O) groups is 1. The van der Waals surface area contributed by atoms with Crippen molar-refractivity contribution in [3.63, 3.8) is 0 Å². The van der Waals surface area contributed by atoms with Crippen molar-refractivity contribution in [2.45, 2.75) is 26.9 Å². The first-order valence-corrected chi connectivity index (χ1v) is 5.72. The minimum atomic E-state index is -0.482. The third-order valence-electron chi connectivity index (χ3n) is 2.57. The standard InChI is InChI=1S/C12H17N3O2/c1-7(2)6-15-11-10(4-9(13)5-14-11)17-8(3)12(15)16/h4-5,7-8H,6,13H2,1-3H3. The number of hydrogen-bond acceptors (Lipinski definition) is 4. The highest BCUT2D eigenvalue weighted by molar-refractivity contribution is 5.98. The number of amides is 1. The highest BCUT2D eigenvalue weighted by Gasteiger charge is 2.32. The van der Waals surface area contributed by atoms with E-state index in [1.165, 1.54) is 0 Å². The van der Waals surface area contributed by atoms with Crippen molar-refractivity contribution in [3.05, 3.63) is 12.3 Å². The maximum atomic E-state index is 12.0. The number of nitrogens with two attached hydrogens (primary N) is 1. The molecule has 0 spiro atoms. The summed E-state index contributed by atoms with van der Waals surface area (Å²) in [6.07, 6.45) is 1.06. The zero-order chi connectivity index (χ0) is 12.6. The van der Waals surface area contributed by atoms with Crippen molar-refractivity contribution in [2.75, 3.05) is 17.2 Å². The number of fused-ring (bicyclic) bond motifs is 1. The highest BCUT2D eigenvalue weighted by Crippen LogP contribution is 2.33. The highest BCUT2D eigenvalue weighted by atomic mass is 16.5. The van der Waals surface area contributed by atoms with Crippen LogP contribution in [0.4, 0.5) is 11.5 Å². The molecule has 5 nitrogen and oxygen atoms in total. The number of carbonyl (C=O) groups excluding carboxylic acids is 1. The Balaban J connectivity index is 2.41. The van der Waals surface area contributed by atoms with Crippen molar-refractivity contribution in [1.82, 2.24) is 4.98 Å². The molecular formula is C12H17N3O2. The Hall–Kier alpha value is -1.78. The van der Waals surface area contributed by atoms with Gasteiger partial charge in [0.15, 0.2) is 17.7 Å². The molecule has 17 heavy (non-hydrogen) atoms. The summed E-state index contributed by atoms with van der Waals surface area (Å²) in [4.78, 5) is 17.9. The van der Waals surface area contributed by atoms with Crippen LogP contribution in [0, 0.1) is 5.92 Å². The van der Waals surface area contributed by atoms with Gasteiger partial charge in [0.2, 0.25) is 0 Å². The number of pyridine rings is 1. The summed E-state index contributed by atoms with van der Waals surface area (Å²) >= 11 is 0. The lowest BCUT2D eigenvalue weighted by Gasteiger charge is -2.32. The number of rotatable bonds is 2. The lowest BCUT2D eigenvalue weighted by atomic mass is 10.1. The molecule has 92 valence electrons. The first-order valence-electron chi connectivity index (χ1n) is 5.72. The smallest absolute Gasteiger partial charge is 0.269 e.